The molecule has 0 amide bonds. The molecule has 0 spiro atoms. The number of hydrogen-bond donors (Lipinski definition) is 0. The van der Waals surface area contributed by atoms with Crippen molar-refractivity contribution < 1.29 is 4.42 Å². The van der Waals surface area contributed by atoms with Crippen LogP contribution in [-0.2, 0) is 5.41 Å². The van der Waals surface area contributed by atoms with Crippen LogP contribution in [0.25, 0.3) is 76.5 Å². The van der Waals surface area contributed by atoms with Gasteiger partial charge >= 0.3 is 0 Å². The van der Waals surface area contributed by atoms with Crippen LogP contribution in [0.15, 0.2) is 241 Å². The quantitative estimate of drug-likeness (QED) is 0.156. The Morgan fingerprint density at radius 1 is 0.365 bits per heavy atom. The molecule has 0 saturated carbocycles. The molecule has 63 heavy (non-hydrogen) atoms. The summed E-state index contributed by atoms with van der Waals surface area (Å²) in [6.07, 6.45) is 0. The minimum Gasteiger partial charge on any atom is -0.454 e. The summed E-state index contributed by atoms with van der Waals surface area (Å²) < 4.78 is 6.99. The molecule has 0 N–H and O–H groups in total. The summed E-state index contributed by atoms with van der Waals surface area (Å²) in [4.78, 5) is 2.51. The van der Waals surface area contributed by atoms with E-state index < -0.39 is 5.41 Å². The first kappa shape index (κ1) is 35.5. The van der Waals surface area contributed by atoms with Crippen molar-refractivity contribution in [3.8, 4) is 22.3 Å². The molecule has 12 aromatic rings. The lowest BCUT2D eigenvalue weighted by molar-refractivity contribution is 0.669. The minimum atomic E-state index is -0.575. The lowest BCUT2D eigenvalue weighted by Gasteiger charge is -2.35. The number of furan rings is 1. The lowest BCUT2D eigenvalue weighted by Crippen LogP contribution is -2.28. The van der Waals surface area contributed by atoms with Crippen molar-refractivity contribution in [3.05, 3.63) is 259 Å². The van der Waals surface area contributed by atoms with Gasteiger partial charge < -0.3 is 9.32 Å². The van der Waals surface area contributed by atoms with Crippen molar-refractivity contribution in [2.45, 2.75) is 5.41 Å². The van der Waals surface area contributed by atoms with Crippen LogP contribution >= 0.6 is 0 Å². The van der Waals surface area contributed by atoms with Gasteiger partial charge in [0.05, 0.1) is 16.8 Å². The van der Waals surface area contributed by atoms with Crippen molar-refractivity contribution in [1.82, 2.24) is 0 Å². The number of hydrogen-bond acceptors (Lipinski definition) is 2. The Bertz CT molecular complexity index is 3710. The maximum absolute atomic E-state index is 6.99. The van der Waals surface area contributed by atoms with E-state index in [9.17, 15) is 0 Å². The van der Waals surface area contributed by atoms with Gasteiger partial charge in [0, 0.05) is 27.4 Å². The minimum absolute atomic E-state index is 0.575. The molecule has 0 unspecified atom stereocenters. The second-order valence-corrected chi connectivity index (χ2v) is 16.7. The molecular weight excluding hydrogens is 763 g/mol. The van der Waals surface area contributed by atoms with Gasteiger partial charge in [0.2, 0.25) is 0 Å². The van der Waals surface area contributed by atoms with Crippen molar-refractivity contribution in [3.63, 3.8) is 0 Å². The van der Waals surface area contributed by atoms with Gasteiger partial charge in [-0.3, -0.25) is 0 Å². The van der Waals surface area contributed by atoms with E-state index in [2.05, 4.69) is 241 Å². The third-order valence-electron chi connectivity index (χ3n) is 13.5. The molecule has 1 aliphatic rings. The molecule has 1 heterocycles. The Morgan fingerprint density at radius 2 is 0.952 bits per heavy atom. The first-order valence-corrected chi connectivity index (χ1v) is 21.8. The lowest BCUT2D eigenvalue weighted by atomic mass is 9.67. The Morgan fingerprint density at radius 3 is 1.73 bits per heavy atom. The molecule has 2 nitrogen and oxygen atoms in total. The van der Waals surface area contributed by atoms with E-state index in [4.69, 9.17) is 4.42 Å². The predicted octanol–water partition coefficient (Wildman–Crippen LogP) is 16.5. The molecule has 0 bridgehead atoms. The average Bonchev–Trinajstić information content (AvgIpc) is 3.89. The number of rotatable bonds is 6. The fraction of sp³-hybridized carbons (Fsp3) is 0.0164. The van der Waals surface area contributed by atoms with E-state index in [1.54, 1.807) is 0 Å². The molecule has 0 fully saturated rings. The number of para-hydroxylation sites is 2. The summed E-state index contributed by atoms with van der Waals surface area (Å²) in [6.45, 7) is 0. The standard InChI is InChI=1S/C61H39NO/c1-3-20-43(21-4-1)61(44-22-5-2-6-23-44)54-31-15-13-26-48(54)49-37-36-45(39-55(49)61)62(56-32-17-30-53-50-27-14-16-33-57(50)63-60(53)56)59-52-29-12-10-25-47(52)46-24-9-11-28-51(46)58(59)42-35-34-40-18-7-8-19-41(40)38-42/h1-39H. The Labute approximate surface area is 365 Å². The van der Waals surface area contributed by atoms with E-state index in [1.165, 1.54) is 65.9 Å². The summed E-state index contributed by atoms with van der Waals surface area (Å²) in [5.41, 5.74) is 14.1. The molecule has 0 saturated heterocycles. The highest BCUT2D eigenvalue weighted by atomic mass is 16.3. The van der Waals surface area contributed by atoms with Crippen LogP contribution in [0.2, 0.25) is 0 Å². The molecule has 0 atom stereocenters. The van der Waals surface area contributed by atoms with Gasteiger partial charge in [-0.25, -0.2) is 0 Å². The van der Waals surface area contributed by atoms with Gasteiger partial charge in [-0.05, 0) is 96.2 Å². The van der Waals surface area contributed by atoms with E-state index in [0.717, 1.165) is 50.0 Å². The largest absolute Gasteiger partial charge is 0.454 e. The van der Waals surface area contributed by atoms with Crippen LogP contribution in [0.5, 0.6) is 0 Å². The summed E-state index contributed by atoms with van der Waals surface area (Å²) in [7, 11) is 0. The number of benzene rings is 11. The molecule has 1 aliphatic carbocycles. The maximum Gasteiger partial charge on any atom is 0.159 e. The summed E-state index contributed by atoms with van der Waals surface area (Å²) in [5, 5.41) is 9.38. The van der Waals surface area contributed by atoms with Gasteiger partial charge in [-0.15, -0.1) is 0 Å². The molecule has 294 valence electrons. The zero-order chi connectivity index (χ0) is 41.5. The van der Waals surface area contributed by atoms with Gasteiger partial charge in [0.25, 0.3) is 0 Å². The third-order valence-corrected chi connectivity index (χ3v) is 13.5. The molecule has 1 aromatic heterocycles. The highest BCUT2D eigenvalue weighted by molar-refractivity contribution is 6.24. The smallest absolute Gasteiger partial charge is 0.159 e. The normalized spacial score (nSPS) is 12.9. The second-order valence-electron chi connectivity index (χ2n) is 16.7. The highest BCUT2D eigenvalue weighted by Gasteiger charge is 2.46. The van der Waals surface area contributed by atoms with Crippen molar-refractivity contribution >= 4 is 71.3 Å². The fourth-order valence-corrected chi connectivity index (χ4v) is 10.9. The number of anilines is 3. The third kappa shape index (κ3) is 5.19. The Balaban J connectivity index is 1.20. The van der Waals surface area contributed by atoms with E-state index in [0.29, 0.717) is 0 Å². The Kier molecular flexibility index (Phi) is 7.85. The van der Waals surface area contributed by atoms with E-state index in [-0.39, 0.29) is 0 Å². The zero-order valence-electron chi connectivity index (χ0n) is 34.4. The van der Waals surface area contributed by atoms with Crippen LogP contribution < -0.4 is 4.90 Å². The molecular formula is C61H39NO. The van der Waals surface area contributed by atoms with E-state index >= 15 is 0 Å². The number of nitrogens with zero attached hydrogens (tertiary/aromatic N) is 1. The topological polar surface area (TPSA) is 16.4 Å². The van der Waals surface area contributed by atoms with Crippen molar-refractivity contribution in [1.29, 1.82) is 0 Å². The molecule has 0 radical (unpaired) electrons. The molecule has 2 heteroatoms. The summed E-state index contributed by atoms with van der Waals surface area (Å²) in [6, 6.07) is 86.8. The van der Waals surface area contributed by atoms with Crippen LogP contribution in [0, 0.1) is 0 Å². The highest BCUT2D eigenvalue weighted by Crippen LogP contribution is 2.58. The predicted molar refractivity (Wildman–Crippen MR) is 264 cm³/mol. The van der Waals surface area contributed by atoms with Gasteiger partial charge in [0.15, 0.2) is 5.58 Å². The monoisotopic (exact) mass is 801 g/mol. The number of fused-ring (bicyclic) bond motifs is 10. The van der Waals surface area contributed by atoms with E-state index in [1.807, 2.05) is 0 Å². The van der Waals surface area contributed by atoms with Crippen molar-refractivity contribution in [2.24, 2.45) is 0 Å². The van der Waals surface area contributed by atoms with Crippen LogP contribution in [0.4, 0.5) is 17.1 Å². The fourth-order valence-electron chi connectivity index (χ4n) is 10.9. The SMILES string of the molecule is c1ccc(C2(c3ccccc3)c3ccccc3-c3ccc(N(c4c(-c5ccc6ccccc6c5)c5ccccc5c5ccccc45)c4cccc5c4oc4ccccc45)cc32)cc1. The Hall–Kier alpha value is -8.20. The maximum atomic E-state index is 6.99. The van der Waals surface area contributed by atoms with Crippen LogP contribution in [0.3, 0.4) is 0 Å². The molecule has 11 aromatic carbocycles. The summed E-state index contributed by atoms with van der Waals surface area (Å²) >= 11 is 0. The first-order chi connectivity index (χ1) is 31.3. The van der Waals surface area contributed by atoms with Crippen molar-refractivity contribution in [2.75, 3.05) is 4.90 Å². The zero-order valence-corrected chi connectivity index (χ0v) is 34.4. The van der Waals surface area contributed by atoms with Gasteiger partial charge in [-0.1, -0.05) is 206 Å². The molecule has 0 aliphatic heterocycles. The van der Waals surface area contributed by atoms with Gasteiger partial charge in [0.1, 0.15) is 5.58 Å². The molecule has 13 rings (SSSR count). The summed E-state index contributed by atoms with van der Waals surface area (Å²) in [5.74, 6) is 0. The first-order valence-electron chi connectivity index (χ1n) is 21.8. The van der Waals surface area contributed by atoms with Gasteiger partial charge in [-0.2, -0.15) is 0 Å². The van der Waals surface area contributed by atoms with Crippen LogP contribution in [-0.4, -0.2) is 0 Å². The second kappa shape index (κ2) is 13.9. The van der Waals surface area contributed by atoms with Crippen LogP contribution in [0.1, 0.15) is 22.3 Å². The average molecular weight is 802 g/mol.